The van der Waals surface area contributed by atoms with E-state index in [0.29, 0.717) is 6.42 Å². The Balaban J connectivity index is 2.12. The fourth-order valence-electron chi connectivity index (χ4n) is 11.7. The molecule has 0 saturated carbocycles. The number of rotatable bonds is 64. The van der Waals surface area contributed by atoms with Crippen LogP contribution in [0.3, 0.4) is 0 Å². The third-order valence-electron chi connectivity index (χ3n) is 17.4. The maximum absolute atomic E-state index is 13.1. The van der Waals surface area contributed by atoms with Crippen LogP contribution in [0.2, 0.25) is 0 Å². The van der Waals surface area contributed by atoms with E-state index >= 15 is 0 Å². The van der Waals surface area contributed by atoms with Gasteiger partial charge in [0, 0.05) is 6.42 Å². The van der Waals surface area contributed by atoms with E-state index in [-0.39, 0.29) is 12.5 Å². The number of aliphatic hydroxyl groups is 5. The molecule has 1 aliphatic rings. The third kappa shape index (κ3) is 51.9. The van der Waals surface area contributed by atoms with Crippen molar-refractivity contribution < 1.29 is 39.8 Å². The van der Waals surface area contributed by atoms with Crippen molar-refractivity contribution in [2.75, 3.05) is 13.2 Å². The van der Waals surface area contributed by atoms with Crippen molar-refractivity contribution in [3.8, 4) is 0 Å². The topological polar surface area (TPSA) is 149 Å². The monoisotopic (exact) mass is 1170 g/mol. The molecule has 1 fully saturated rings. The molecule has 0 aromatic heterocycles. The maximum Gasteiger partial charge on any atom is 0.220 e. The van der Waals surface area contributed by atoms with E-state index < -0.39 is 49.5 Å². The summed E-state index contributed by atoms with van der Waals surface area (Å²) < 4.78 is 11.3. The van der Waals surface area contributed by atoms with Crippen molar-refractivity contribution in [2.24, 2.45) is 0 Å². The third-order valence-corrected chi connectivity index (χ3v) is 17.4. The highest BCUT2D eigenvalue weighted by Crippen LogP contribution is 2.23. The molecule has 488 valence electrons. The quantitative estimate of drug-likeness (QED) is 0.0261. The van der Waals surface area contributed by atoms with Gasteiger partial charge in [0.2, 0.25) is 5.91 Å². The molecule has 1 amide bonds. The van der Waals surface area contributed by atoms with Gasteiger partial charge in [-0.2, -0.15) is 0 Å². The van der Waals surface area contributed by atoms with E-state index in [0.717, 1.165) is 51.4 Å². The Kier molecular flexibility index (Phi) is 60.3. The first-order valence-electron chi connectivity index (χ1n) is 36.4. The second-order valence-corrected chi connectivity index (χ2v) is 25.4. The summed E-state index contributed by atoms with van der Waals surface area (Å²) in [5.74, 6) is -0.173. The van der Waals surface area contributed by atoms with Crippen LogP contribution in [0, 0.1) is 0 Å². The van der Waals surface area contributed by atoms with Crippen LogP contribution in [0.5, 0.6) is 0 Å². The second-order valence-electron chi connectivity index (χ2n) is 25.4. The maximum atomic E-state index is 13.1. The summed E-state index contributed by atoms with van der Waals surface area (Å²) in [5, 5.41) is 54.8. The molecular weight excluding hydrogens is 1030 g/mol. The number of allylic oxidation sites excluding steroid dienone is 7. The van der Waals surface area contributed by atoms with Gasteiger partial charge in [-0.3, -0.25) is 4.79 Å². The number of unbranched alkanes of at least 4 members (excludes halogenated alkanes) is 48. The van der Waals surface area contributed by atoms with Gasteiger partial charge in [0.1, 0.15) is 24.4 Å². The molecule has 0 aromatic carbocycles. The zero-order valence-corrected chi connectivity index (χ0v) is 54.7. The van der Waals surface area contributed by atoms with Crippen LogP contribution in [0.4, 0.5) is 0 Å². The molecule has 1 aliphatic heterocycles. The van der Waals surface area contributed by atoms with Crippen molar-refractivity contribution >= 4 is 5.91 Å². The first-order chi connectivity index (χ1) is 40.8. The smallest absolute Gasteiger partial charge is 0.220 e. The molecular formula is C74H139NO8. The minimum absolute atomic E-state index is 0.173. The van der Waals surface area contributed by atoms with Crippen molar-refractivity contribution in [1.82, 2.24) is 5.32 Å². The highest BCUT2D eigenvalue weighted by atomic mass is 16.7. The van der Waals surface area contributed by atoms with E-state index in [1.165, 1.54) is 289 Å². The largest absolute Gasteiger partial charge is 0.394 e. The number of hydrogen-bond acceptors (Lipinski definition) is 8. The normalized spacial score (nSPS) is 18.5. The Morgan fingerprint density at radius 3 is 1.05 bits per heavy atom. The molecule has 1 saturated heterocycles. The van der Waals surface area contributed by atoms with Crippen LogP contribution in [-0.4, -0.2) is 87.5 Å². The number of nitrogens with one attached hydrogen (secondary N) is 1. The van der Waals surface area contributed by atoms with E-state index in [2.05, 4.69) is 55.6 Å². The average molecular weight is 1170 g/mol. The van der Waals surface area contributed by atoms with E-state index in [4.69, 9.17) is 9.47 Å². The van der Waals surface area contributed by atoms with Gasteiger partial charge < -0.3 is 40.3 Å². The fraction of sp³-hybridized carbons (Fsp3) is 0.878. The summed E-state index contributed by atoms with van der Waals surface area (Å²) in [7, 11) is 0. The van der Waals surface area contributed by atoms with Gasteiger partial charge in [0.15, 0.2) is 6.29 Å². The zero-order chi connectivity index (χ0) is 60.0. The molecule has 7 atom stereocenters. The lowest BCUT2D eigenvalue weighted by Gasteiger charge is -2.40. The number of carbonyl (C=O) groups is 1. The van der Waals surface area contributed by atoms with Crippen molar-refractivity contribution in [2.45, 2.75) is 403 Å². The Bertz CT molecular complexity index is 1450. The molecule has 9 nitrogen and oxygen atoms in total. The van der Waals surface area contributed by atoms with Crippen LogP contribution in [0.15, 0.2) is 48.6 Å². The number of carbonyl (C=O) groups excluding carboxylic acids is 1. The number of amides is 1. The molecule has 7 unspecified atom stereocenters. The van der Waals surface area contributed by atoms with Gasteiger partial charge in [0.05, 0.1) is 25.4 Å². The number of ether oxygens (including phenoxy) is 2. The molecule has 83 heavy (non-hydrogen) atoms. The second kappa shape index (κ2) is 63.2. The molecule has 0 aromatic rings. The van der Waals surface area contributed by atoms with Crippen LogP contribution in [0.1, 0.15) is 361 Å². The van der Waals surface area contributed by atoms with Crippen molar-refractivity contribution in [1.29, 1.82) is 0 Å². The van der Waals surface area contributed by atoms with Crippen LogP contribution >= 0.6 is 0 Å². The number of hydrogen-bond donors (Lipinski definition) is 6. The molecule has 0 spiro atoms. The van der Waals surface area contributed by atoms with Crippen LogP contribution < -0.4 is 5.32 Å². The SMILES string of the molecule is CCCCCCC/C=C\C/C=C\C/C=C\CCCCCCCCCCCCCCCCC(=O)NC(COC1OC(CO)C(O)C(O)C1O)C(O)/C=C/CCCCCCCCCCCCCCCCCCCCCCCCCCCCCCC. The molecule has 0 aliphatic carbocycles. The molecule has 6 N–H and O–H groups in total. The Hall–Kier alpha value is -1.85. The van der Waals surface area contributed by atoms with Crippen LogP contribution in [-0.2, 0) is 14.3 Å². The highest BCUT2D eigenvalue weighted by Gasteiger charge is 2.44. The van der Waals surface area contributed by atoms with Crippen LogP contribution in [0.25, 0.3) is 0 Å². The van der Waals surface area contributed by atoms with Crippen molar-refractivity contribution in [3.63, 3.8) is 0 Å². The average Bonchev–Trinajstić information content (AvgIpc) is 3.60. The Morgan fingerprint density at radius 1 is 0.410 bits per heavy atom. The van der Waals surface area contributed by atoms with Gasteiger partial charge in [-0.25, -0.2) is 0 Å². The van der Waals surface area contributed by atoms with E-state index in [1.54, 1.807) is 6.08 Å². The lowest BCUT2D eigenvalue weighted by atomic mass is 9.99. The summed E-state index contributed by atoms with van der Waals surface area (Å²) in [5.41, 5.74) is 0. The summed E-state index contributed by atoms with van der Waals surface area (Å²) >= 11 is 0. The summed E-state index contributed by atoms with van der Waals surface area (Å²) in [4.78, 5) is 13.1. The summed E-state index contributed by atoms with van der Waals surface area (Å²) in [6.07, 6.45) is 79.4. The predicted molar refractivity (Wildman–Crippen MR) is 355 cm³/mol. The molecule has 0 bridgehead atoms. The summed E-state index contributed by atoms with van der Waals surface area (Å²) in [6.45, 7) is 3.82. The summed E-state index contributed by atoms with van der Waals surface area (Å²) in [6, 6.07) is -0.808. The van der Waals surface area contributed by atoms with E-state index in [9.17, 15) is 30.3 Å². The fourth-order valence-corrected chi connectivity index (χ4v) is 11.7. The Morgan fingerprint density at radius 2 is 0.711 bits per heavy atom. The van der Waals surface area contributed by atoms with Gasteiger partial charge in [-0.1, -0.05) is 345 Å². The van der Waals surface area contributed by atoms with Crippen molar-refractivity contribution in [3.05, 3.63) is 48.6 Å². The minimum atomic E-state index is -1.57. The first-order valence-corrected chi connectivity index (χ1v) is 36.4. The Labute approximate surface area is 514 Å². The van der Waals surface area contributed by atoms with Gasteiger partial charge in [-0.05, 0) is 57.8 Å². The van der Waals surface area contributed by atoms with E-state index in [1.807, 2.05) is 6.08 Å². The predicted octanol–water partition coefficient (Wildman–Crippen LogP) is 20.0. The highest BCUT2D eigenvalue weighted by molar-refractivity contribution is 5.76. The first kappa shape index (κ1) is 79.2. The molecule has 1 heterocycles. The van der Waals surface area contributed by atoms with Gasteiger partial charge in [0.25, 0.3) is 0 Å². The van der Waals surface area contributed by atoms with Gasteiger partial charge in [-0.15, -0.1) is 0 Å². The molecule has 1 rings (SSSR count). The van der Waals surface area contributed by atoms with Gasteiger partial charge >= 0.3 is 0 Å². The molecule has 9 heteroatoms. The standard InChI is InChI=1S/C74H139NO8/c1-3-5-7-9-11-13-15-17-19-21-23-25-27-29-31-33-34-36-37-39-41-43-45-47-49-51-53-55-57-59-61-63-68(77)67(66-82-74-73(81)72(80)71(79)69(65-76)83-74)75-70(78)64-62-60-58-56-54-52-50-48-46-44-42-40-38-35-32-30-28-26-24-22-20-18-16-14-12-10-8-6-4-2/h16,18,22,24,28,30,61,63,67-69,71-74,76-77,79-81H,3-15,17,19-21,23,25-27,29,31-60,62,64-66H2,1-2H3,(H,75,78)/b18-16-,24-22-,30-28-,63-61+. The lowest BCUT2D eigenvalue weighted by Crippen LogP contribution is -2.60. The zero-order valence-electron chi connectivity index (χ0n) is 54.7. The minimum Gasteiger partial charge on any atom is -0.394 e. The lowest BCUT2D eigenvalue weighted by molar-refractivity contribution is -0.302. The molecule has 0 radical (unpaired) electrons. The number of aliphatic hydroxyl groups excluding tert-OH is 5.